The number of alkyl halides is 1. The number of allylic oxidation sites excluding steroid dienone is 4. The zero-order valence-electron chi connectivity index (χ0n) is 26.9. The summed E-state index contributed by atoms with van der Waals surface area (Å²) in [5.74, 6) is 3.40. The molecule has 2 aliphatic carbocycles. The van der Waals surface area contributed by atoms with Crippen molar-refractivity contribution in [3.8, 4) is 5.75 Å². The third-order valence-corrected chi connectivity index (χ3v) is 12.7. The molecule has 4 aliphatic rings. The van der Waals surface area contributed by atoms with E-state index >= 15 is 0 Å². The van der Waals surface area contributed by atoms with Crippen molar-refractivity contribution < 1.29 is 18.4 Å². The number of rotatable bonds is 7. The van der Waals surface area contributed by atoms with Gasteiger partial charge in [-0.05, 0) is 80.4 Å². The van der Waals surface area contributed by atoms with Crippen molar-refractivity contribution in [1.29, 1.82) is 0 Å². The molecule has 1 saturated carbocycles. The van der Waals surface area contributed by atoms with Gasteiger partial charge in [0.1, 0.15) is 5.03 Å². The number of hydrogen-bond donors (Lipinski definition) is 0. The normalized spacial score (nSPS) is 37.0. The maximum Gasteiger partial charge on any atom is 0.172 e. The van der Waals surface area contributed by atoms with Gasteiger partial charge >= 0.3 is 0 Å². The molecule has 0 spiro atoms. The minimum Gasteiger partial charge on any atom is -0.489 e. The maximum absolute atomic E-state index is 14.2. The molecular weight excluding hydrogens is 580 g/mol. The molecule has 8 unspecified atom stereocenters. The van der Waals surface area contributed by atoms with Crippen molar-refractivity contribution in [3.05, 3.63) is 47.6 Å². The molecule has 8 heteroatoms. The van der Waals surface area contributed by atoms with Crippen LogP contribution in [-0.2, 0) is 20.3 Å². The first-order valence-electron chi connectivity index (χ1n) is 16.2. The van der Waals surface area contributed by atoms with Crippen LogP contribution in [-0.4, -0.2) is 65.9 Å². The van der Waals surface area contributed by atoms with Crippen LogP contribution in [0.3, 0.4) is 0 Å². The summed E-state index contributed by atoms with van der Waals surface area (Å²) in [4.78, 5) is 7.61. The Bertz CT molecular complexity index is 1250. The SMILES string of the molecule is CCCC1=C(C2COc3ccc4nc3N(C2)CC2C(C)CC2[C@@](C)(OC)/C=C/CC(C)C(CCOC)S4=O)C=CC(Cl)C1. The fourth-order valence-corrected chi connectivity index (χ4v) is 9.50. The van der Waals surface area contributed by atoms with E-state index in [0.29, 0.717) is 42.4 Å². The highest BCUT2D eigenvalue weighted by atomic mass is 35.5. The van der Waals surface area contributed by atoms with Gasteiger partial charge in [-0.2, -0.15) is 0 Å². The van der Waals surface area contributed by atoms with E-state index in [1.165, 1.54) is 11.1 Å². The summed E-state index contributed by atoms with van der Waals surface area (Å²) in [6, 6.07) is 3.92. The van der Waals surface area contributed by atoms with E-state index in [4.69, 9.17) is 30.8 Å². The molecule has 9 atom stereocenters. The summed E-state index contributed by atoms with van der Waals surface area (Å²) in [7, 11) is 2.26. The second-order valence-corrected chi connectivity index (χ2v) is 15.6. The molecule has 2 bridgehead atoms. The van der Waals surface area contributed by atoms with E-state index in [0.717, 1.165) is 56.8 Å². The van der Waals surface area contributed by atoms with Crippen LogP contribution in [0.1, 0.15) is 66.2 Å². The molecule has 1 aromatic heterocycles. The molecule has 3 heterocycles. The van der Waals surface area contributed by atoms with Crippen LogP contribution in [0.2, 0.25) is 0 Å². The highest BCUT2D eigenvalue weighted by Crippen LogP contribution is 2.50. The van der Waals surface area contributed by atoms with E-state index in [1.54, 1.807) is 7.11 Å². The van der Waals surface area contributed by atoms with Crippen LogP contribution in [0.4, 0.5) is 5.82 Å². The Labute approximate surface area is 266 Å². The largest absolute Gasteiger partial charge is 0.489 e. The summed E-state index contributed by atoms with van der Waals surface area (Å²) in [6.07, 6.45) is 14.6. The fourth-order valence-electron chi connectivity index (χ4n) is 7.71. The second-order valence-electron chi connectivity index (χ2n) is 13.4. The average molecular weight is 631 g/mol. The Hall–Kier alpha value is -1.67. The van der Waals surface area contributed by atoms with Crippen LogP contribution in [0.25, 0.3) is 0 Å². The van der Waals surface area contributed by atoms with Gasteiger partial charge in [0.2, 0.25) is 0 Å². The number of methoxy groups -OCH3 is 2. The molecule has 2 aliphatic heterocycles. The maximum atomic E-state index is 14.2. The van der Waals surface area contributed by atoms with Crippen molar-refractivity contribution in [3.63, 3.8) is 0 Å². The third kappa shape index (κ3) is 6.95. The van der Waals surface area contributed by atoms with E-state index in [9.17, 15) is 4.21 Å². The summed E-state index contributed by atoms with van der Waals surface area (Å²) < 4.78 is 32.4. The molecule has 0 aromatic carbocycles. The minimum atomic E-state index is -1.29. The zero-order valence-corrected chi connectivity index (χ0v) is 28.5. The van der Waals surface area contributed by atoms with Gasteiger partial charge in [-0.1, -0.05) is 57.1 Å². The van der Waals surface area contributed by atoms with Crippen LogP contribution >= 0.6 is 11.6 Å². The molecule has 0 N–H and O–H groups in total. The Morgan fingerprint density at radius 1 is 1.21 bits per heavy atom. The van der Waals surface area contributed by atoms with Gasteiger partial charge in [0, 0.05) is 45.1 Å². The van der Waals surface area contributed by atoms with Gasteiger partial charge in [-0.3, -0.25) is 4.21 Å². The van der Waals surface area contributed by atoms with Gasteiger partial charge in [0.15, 0.2) is 11.6 Å². The highest BCUT2D eigenvalue weighted by Gasteiger charge is 2.49. The molecule has 0 radical (unpaired) electrons. The van der Waals surface area contributed by atoms with Gasteiger partial charge < -0.3 is 19.1 Å². The quantitative estimate of drug-likeness (QED) is 0.232. The molecule has 5 rings (SSSR count). The van der Waals surface area contributed by atoms with E-state index in [2.05, 4.69) is 56.9 Å². The Kier molecular flexibility index (Phi) is 10.8. The van der Waals surface area contributed by atoms with Crippen LogP contribution in [0, 0.1) is 29.6 Å². The molecule has 0 saturated heterocycles. The summed E-state index contributed by atoms with van der Waals surface area (Å²) in [5.41, 5.74) is 2.45. The van der Waals surface area contributed by atoms with Crippen molar-refractivity contribution >= 4 is 28.2 Å². The van der Waals surface area contributed by atoms with Crippen LogP contribution in [0.5, 0.6) is 5.75 Å². The fraction of sp³-hybridized carbons (Fsp3) is 0.686. The number of nitrogens with zero attached hydrogens (tertiary/aromatic N) is 2. The number of hydrogen-bond acceptors (Lipinski definition) is 6. The monoisotopic (exact) mass is 630 g/mol. The Balaban J connectivity index is 1.58. The molecule has 43 heavy (non-hydrogen) atoms. The first-order valence-corrected chi connectivity index (χ1v) is 17.9. The second kappa shape index (κ2) is 14.2. The van der Waals surface area contributed by atoms with Crippen LogP contribution in [0.15, 0.2) is 52.6 Å². The molecule has 1 aromatic rings. The molecule has 6 nitrogen and oxygen atoms in total. The van der Waals surface area contributed by atoms with Crippen LogP contribution < -0.4 is 9.64 Å². The van der Waals surface area contributed by atoms with Gasteiger partial charge in [-0.15, -0.1) is 11.6 Å². The Morgan fingerprint density at radius 2 is 2.02 bits per heavy atom. The minimum absolute atomic E-state index is 0.0490. The lowest BCUT2D eigenvalue weighted by molar-refractivity contribution is -0.0876. The number of pyridine rings is 1. The lowest BCUT2D eigenvalue weighted by Gasteiger charge is -2.52. The van der Waals surface area contributed by atoms with Gasteiger partial charge in [-0.25, -0.2) is 4.98 Å². The number of ether oxygens (including phenoxy) is 3. The molecule has 0 amide bonds. The summed E-state index contributed by atoms with van der Waals surface area (Å²) >= 11 is 6.59. The number of fused-ring (bicyclic) bond motifs is 2. The first-order chi connectivity index (χ1) is 20.7. The highest BCUT2D eigenvalue weighted by molar-refractivity contribution is 7.85. The lowest BCUT2D eigenvalue weighted by atomic mass is 9.59. The van der Waals surface area contributed by atoms with E-state index < -0.39 is 10.8 Å². The van der Waals surface area contributed by atoms with Crippen molar-refractivity contribution in [2.45, 2.75) is 87.5 Å². The third-order valence-electron chi connectivity index (χ3n) is 10.5. The topological polar surface area (TPSA) is 60.9 Å². The zero-order chi connectivity index (χ0) is 30.7. The first kappa shape index (κ1) is 32.7. The summed E-state index contributed by atoms with van der Waals surface area (Å²) in [6.45, 7) is 11.8. The lowest BCUT2D eigenvalue weighted by Crippen LogP contribution is -2.54. The predicted molar refractivity (Wildman–Crippen MR) is 177 cm³/mol. The molecule has 238 valence electrons. The number of anilines is 1. The standard InChI is InChI=1S/C35H51ClN2O4S/c1-7-9-25-19-27(36)11-12-28(25)26-20-38-21-29-24(3)18-30(29)35(4,41-6)16-8-10-23(2)32(15-17-40-5)43(39)33-14-13-31(42-22-26)34(38)37-33/h8,11-14,16,23-24,26-27,29-30,32H,7,9-10,15,17-22H2,1-6H3/b16-8+/t23?,24?,26?,27?,29?,30?,32?,35-,43?/m0/s1. The molecule has 1 fully saturated rings. The average Bonchev–Trinajstić information content (AvgIpc) is 3.17. The van der Waals surface area contributed by atoms with Crippen molar-refractivity contribution in [2.75, 3.05) is 45.4 Å². The number of aromatic nitrogens is 1. The predicted octanol–water partition coefficient (Wildman–Crippen LogP) is 7.35. The smallest absolute Gasteiger partial charge is 0.172 e. The van der Waals surface area contributed by atoms with Crippen molar-refractivity contribution in [1.82, 2.24) is 4.98 Å². The summed E-state index contributed by atoms with van der Waals surface area (Å²) in [5, 5.41) is 0.606. The van der Waals surface area contributed by atoms with Gasteiger partial charge in [0.25, 0.3) is 0 Å². The van der Waals surface area contributed by atoms with Crippen molar-refractivity contribution in [2.24, 2.45) is 29.6 Å². The van der Waals surface area contributed by atoms with E-state index in [1.807, 2.05) is 19.2 Å². The molecular formula is C35H51ClN2O4S. The number of halogens is 1. The van der Waals surface area contributed by atoms with E-state index in [-0.39, 0.29) is 28.1 Å². The Morgan fingerprint density at radius 3 is 2.74 bits per heavy atom. The van der Waals surface area contributed by atoms with Gasteiger partial charge in [0.05, 0.1) is 28.4 Å².